The molecule has 0 amide bonds. The summed E-state index contributed by atoms with van der Waals surface area (Å²) in [4.78, 5) is 0. The van der Waals surface area contributed by atoms with Gasteiger partial charge in [-0.15, -0.1) is 0 Å². The minimum atomic E-state index is -0.948. The second-order valence-electron chi connectivity index (χ2n) is 4.13. The van der Waals surface area contributed by atoms with E-state index < -0.39 is 11.6 Å². The number of nitrogen functional groups attached to an aromatic ring is 1. The molecule has 2 nitrogen and oxygen atoms in total. The van der Waals surface area contributed by atoms with Crippen LogP contribution in [0, 0.1) is 11.6 Å². The number of hydrogen-bond donors (Lipinski definition) is 2. The van der Waals surface area contributed by atoms with Crippen molar-refractivity contribution in [1.29, 1.82) is 0 Å². The molecule has 0 aromatic heterocycles. The van der Waals surface area contributed by atoms with Crippen LogP contribution in [0.1, 0.15) is 5.56 Å². The summed E-state index contributed by atoms with van der Waals surface area (Å²) in [5.41, 5.74) is 6.85. The lowest BCUT2D eigenvalue weighted by molar-refractivity contribution is 0.511. The Balaban J connectivity index is 2.00. The van der Waals surface area contributed by atoms with Gasteiger partial charge in [-0.2, -0.15) is 0 Å². The first-order valence-electron chi connectivity index (χ1n) is 5.79. The van der Waals surface area contributed by atoms with Crippen molar-refractivity contribution in [2.75, 3.05) is 17.6 Å². The molecule has 2 rings (SSSR count). The summed E-state index contributed by atoms with van der Waals surface area (Å²) in [7, 11) is 0. The Morgan fingerprint density at radius 1 is 1.05 bits per heavy atom. The zero-order chi connectivity index (χ0) is 13.8. The van der Waals surface area contributed by atoms with Crippen molar-refractivity contribution >= 4 is 23.0 Å². The predicted octanol–water partition coefficient (Wildman–Crippen LogP) is 3.86. The van der Waals surface area contributed by atoms with Crippen LogP contribution in [0.2, 0.25) is 5.02 Å². The smallest absolute Gasteiger partial charge is 0.183 e. The van der Waals surface area contributed by atoms with Crippen molar-refractivity contribution in [2.24, 2.45) is 0 Å². The first-order chi connectivity index (χ1) is 9.08. The van der Waals surface area contributed by atoms with E-state index in [0.717, 1.165) is 11.6 Å². The summed E-state index contributed by atoms with van der Waals surface area (Å²) >= 11 is 5.78. The van der Waals surface area contributed by atoms with Crippen molar-refractivity contribution in [1.82, 2.24) is 0 Å². The third-order valence-corrected chi connectivity index (χ3v) is 3.01. The number of halogens is 3. The summed E-state index contributed by atoms with van der Waals surface area (Å²) in [5.74, 6) is -1.86. The van der Waals surface area contributed by atoms with Crippen molar-refractivity contribution in [3.05, 3.63) is 58.6 Å². The second-order valence-corrected chi connectivity index (χ2v) is 4.57. The largest absolute Gasteiger partial charge is 0.397 e. The molecule has 0 spiro atoms. The van der Waals surface area contributed by atoms with Gasteiger partial charge in [0, 0.05) is 11.6 Å². The molecule has 0 aliphatic heterocycles. The minimum Gasteiger partial charge on any atom is -0.397 e. The highest BCUT2D eigenvalue weighted by Gasteiger charge is 2.10. The molecular weight excluding hydrogens is 270 g/mol. The van der Waals surface area contributed by atoms with Crippen molar-refractivity contribution in [2.45, 2.75) is 6.42 Å². The van der Waals surface area contributed by atoms with Gasteiger partial charge in [-0.1, -0.05) is 23.7 Å². The van der Waals surface area contributed by atoms with Gasteiger partial charge >= 0.3 is 0 Å². The average Bonchev–Trinajstić information content (AvgIpc) is 2.40. The first kappa shape index (κ1) is 13.6. The Morgan fingerprint density at radius 2 is 1.74 bits per heavy atom. The van der Waals surface area contributed by atoms with Crippen LogP contribution >= 0.6 is 11.6 Å². The Labute approximate surface area is 115 Å². The van der Waals surface area contributed by atoms with Gasteiger partial charge in [-0.3, -0.25) is 0 Å². The highest BCUT2D eigenvalue weighted by molar-refractivity contribution is 6.30. The predicted molar refractivity (Wildman–Crippen MR) is 74.4 cm³/mol. The summed E-state index contributed by atoms with van der Waals surface area (Å²) in [5, 5.41) is 3.48. The lowest BCUT2D eigenvalue weighted by Gasteiger charge is -2.10. The van der Waals surface area contributed by atoms with Gasteiger partial charge in [-0.05, 0) is 36.2 Å². The molecule has 0 atom stereocenters. The van der Waals surface area contributed by atoms with Crippen LogP contribution in [-0.2, 0) is 6.42 Å². The van der Waals surface area contributed by atoms with E-state index in [9.17, 15) is 8.78 Å². The van der Waals surface area contributed by atoms with Crippen LogP contribution in [0.15, 0.2) is 36.4 Å². The zero-order valence-electron chi connectivity index (χ0n) is 10.1. The van der Waals surface area contributed by atoms with Gasteiger partial charge < -0.3 is 11.1 Å². The van der Waals surface area contributed by atoms with E-state index in [-0.39, 0.29) is 11.4 Å². The number of rotatable bonds is 4. The van der Waals surface area contributed by atoms with Gasteiger partial charge in [-0.25, -0.2) is 8.78 Å². The lowest BCUT2D eigenvalue weighted by Crippen LogP contribution is -2.09. The van der Waals surface area contributed by atoms with E-state index in [4.69, 9.17) is 17.3 Å². The SMILES string of the molecule is Nc1ccc(F)c(F)c1NCCc1ccc(Cl)cc1. The molecule has 5 heteroatoms. The van der Waals surface area contributed by atoms with E-state index in [1.54, 1.807) is 12.1 Å². The Bertz CT molecular complexity index is 570. The molecule has 0 saturated carbocycles. The van der Waals surface area contributed by atoms with Crippen LogP contribution in [0.3, 0.4) is 0 Å². The standard InChI is InChI=1S/C14H13ClF2N2/c15-10-3-1-9(2-4-10)7-8-19-14-12(18)6-5-11(16)13(14)17/h1-6,19H,7-8,18H2. The quantitative estimate of drug-likeness (QED) is 0.836. The van der Waals surface area contributed by atoms with E-state index in [1.165, 1.54) is 6.07 Å². The van der Waals surface area contributed by atoms with Crippen molar-refractivity contribution in [3.63, 3.8) is 0 Å². The number of benzene rings is 2. The molecule has 0 radical (unpaired) electrons. The Hall–Kier alpha value is -1.81. The summed E-state index contributed by atoms with van der Waals surface area (Å²) in [6.07, 6.45) is 0.659. The molecule has 100 valence electrons. The van der Waals surface area contributed by atoms with E-state index in [0.29, 0.717) is 18.0 Å². The molecular formula is C14H13ClF2N2. The fourth-order valence-electron chi connectivity index (χ4n) is 1.73. The molecule has 0 unspecified atom stereocenters. The summed E-state index contributed by atoms with van der Waals surface area (Å²) < 4.78 is 26.6. The fraction of sp³-hybridized carbons (Fsp3) is 0.143. The molecule has 3 N–H and O–H groups in total. The maximum absolute atomic E-state index is 13.5. The fourth-order valence-corrected chi connectivity index (χ4v) is 1.85. The van der Waals surface area contributed by atoms with Crippen LogP contribution in [-0.4, -0.2) is 6.54 Å². The van der Waals surface area contributed by atoms with Crippen molar-refractivity contribution < 1.29 is 8.78 Å². The van der Waals surface area contributed by atoms with E-state index >= 15 is 0 Å². The Kier molecular flexibility index (Phi) is 4.22. The summed E-state index contributed by atoms with van der Waals surface area (Å²) in [6, 6.07) is 9.69. The monoisotopic (exact) mass is 282 g/mol. The van der Waals surface area contributed by atoms with E-state index in [1.807, 2.05) is 12.1 Å². The van der Waals surface area contributed by atoms with Gasteiger partial charge in [0.2, 0.25) is 0 Å². The number of nitrogens with two attached hydrogens (primary N) is 1. The molecule has 0 fully saturated rings. The van der Waals surface area contributed by atoms with Crippen LogP contribution in [0.4, 0.5) is 20.2 Å². The van der Waals surface area contributed by atoms with Crippen LogP contribution in [0.25, 0.3) is 0 Å². The molecule has 0 aliphatic carbocycles. The maximum atomic E-state index is 13.5. The minimum absolute atomic E-state index is 0.00830. The molecule has 0 heterocycles. The van der Waals surface area contributed by atoms with E-state index in [2.05, 4.69) is 5.32 Å². The third kappa shape index (κ3) is 3.35. The van der Waals surface area contributed by atoms with Gasteiger partial charge in [0.25, 0.3) is 0 Å². The first-order valence-corrected chi connectivity index (χ1v) is 6.17. The molecule has 19 heavy (non-hydrogen) atoms. The zero-order valence-corrected chi connectivity index (χ0v) is 10.8. The number of anilines is 2. The number of hydrogen-bond acceptors (Lipinski definition) is 2. The topological polar surface area (TPSA) is 38.0 Å². The maximum Gasteiger partial charge on any atom is 0.183 e. The average molecular weight is 283 g/mol. The highest BCUT2D eigenvalue weighted by atomic mass is 35.5. The second kappa shape index (κ2) is 5.89. The van der Waals surface area contributed by atoms with Crippen LogP contribution in [0.5, 0.6) is 0 Å². The Morgan fingerprint density at radius 3 is 2.42 bits per heavy atom. The molecule has 2 aromatic carbocycles. The summed E-state index contributed by atoms with van der Waals surface area (Å²) in [6.45, 7) is 0.451. The van der Waals surface area contributed by atoms with Crippen LogP contribution < -0.4 is 11.1 Å². The third-order valence-electron chi connectivity index (χ3n) is 2.76. The van der Waals surface area contributed by atoms with Gasteiger partial charge in [0.05, 0.1) is 11.4 Å². The highest BCUT2D eigenvalue weighted by Crippen LogP contribution is 2.24. The molecule has 0 saturated heterocycles. The normalized spacial score (nSPS) is 10.5. The molecule has 0 aliphatic rings. The molecule has 2 aromatic rings. The van der Waals surface area contributed by atoms with Gasteiger partial charge in [0.1, 0.15) is 0 Å². The molecule has 0 bridgehead atoms. The number of nitrogens with one attached hydrogen (secondary N) is 1. The van der Waals surface area contributed by atoms with Gasteiger partial charge in [0.15, 0.2) is 11.6 Å². The lowest BCUT2D eigenvalue weighted by atomic mass is 10.1. The van der Waals surface area contributed by atoms with Crippen molar-refractivity contribution in [3.8, 4) is 0 Å².